The lowest BCUT2D eigenvalue weighted by atomic mass is 10.0. The van der Waals surface area contributed by atoms with Gasteiger partial charge in [0.15, 0.2) is 5.78 Å². The van der Waals surface area contributed by atoms with Crippen molar-refractivity contribution in [2.45, 2.75) is 33.4 Å². The number of hydrogen-bond donors (Lipinski definition) is 0. The summed E-state index contributed by atoms with van der Waals surface area (Å²) in [6.07, 6.45) is -3.70. The van der Waals surface area contributed by atoms with E-state index in [1.165, 1.54) is 0 Å². The highest BCUT2D eigenvalue weighted by molar-refractivity contribution is 5.98. The normalized spacial score (nSPS) is 11.9. The average molecular weight is 287 g/mol. The first-order valence-electron chi connectivity index (χ1n) is 6.62. The van der Waals surface area contributed by atoms with Crippen LogP contribution in [-0.4, -0.2) is 36.5 Å². The topological polar surface area (TPSA) is 20.3 Å². The molecular weight excluding hydrogens is 267 g/mol. The van der Waals surface area contributed by atoms with Gasteiger partial charge in [0.1, 0.15) is 0 Å². The predicted octanol–water partition coefficient (Wildman–Crippen LogP) is 3.76. The molecule has 1 aromatic carbocycles. The van der Waals surface area contributed by atoms with Gasteiger partial charge in [-0.05, 0) is 32.4 Å². The maximum Gasteiger partial charge on any atom is 0.401 e. The molecule has 0 aliphatic heterocycles. The van der Waals surface area contributed by atoms with Crippen molar-refractivity contribution in [3.63, 3.8) is 0 Å². The van der Waals surface area contributed by atoms with Crippen LogP contribution in [0.25, 0.3) is 0 Å². The van der Waals surface area contributed by atoms with Crippen LogP contribution in [0, 0.1) is 13.8 Å². The molecule has 0 amide bonds. The maximum absolute atomic E-state index is 12.5. The standard InChI is InChI=1S/C15H20F3NO/c1-4-7-19(10-15(16,17)18)9-14(20)13-6-5-11(2)8-12(13)3/h5-6,8H,4,7,9-10H2,1-3H3. The zero-order valence-corrected chi connectivity index (χ0v) is 12.0. The third kappa shape index (κ3) is 5.33. The van der Waals surface area contributed by atoms with Crippen LogP contribution in [0.5, 0.6) is 0 Å². The third-order valence-electron chi connectivity index (χ3n) is 2.99. The van der Waals surface area contributed by atoms with E-state index in [0.29, 0.717) is 12.0 Å². The van der Waals surface area contributed by atoms with Crippen LogP contribution in [-0.2, 0) is 0 Å². The molecule has 0 saturated heterocycles. The van der Waals surface area contributed by atoms with E-state index in [-0.39, 0.29) is 18.9 Å². The third-order valence-corrected chi connectivity index (χ3v) is 2.99. The Bertz CT molecular complexity index is 469. The molecule has 0 spiro atoms. The number of aryl methyl sites for hydroxylation is 2. The molecule has 2 nitrogen and oxygen atoms in total. The zero-order valence-electron chi connectivity index (χ0n) is 12.0. The minimum Gasteiger partial charge on any atom is -0.293 e. The molecule has 20 heavy (non-hydrogen) atoms. The number of Topliss-reactive ketones (excluding diaryl/α,β-unsaturated/α-hetero) is 1. The Labute approximate surface area is 117 Å². The maximum atomic E-state index is 12.5. The first kappa shape index (κ1) is 16.7. The van der Waals surface area contributed by atoms with Gasteiger partial charge in [-0.25, -0.2) is 0 Å². The van der Waals surface area contributed by atoms with Gasteiger partial charge in [0, 0.05) is 5.56 Å². The van der Waals surface area contributed by atoms with Crippen molar-refractivity contribution in [3.8, 4) is 0 Å². The molecule has 0 fully saturated rings. The molecule has 1 rings (SSSR count). The van der Waals surface area contributed by atoms with Gasteiger partial charge in [0.2, 0.25) is 0 Å². The van der Waals surface area contributed by atoms with Crippen molar-refractivity contribution in [1.29, 1.82) is 0 Å². The van der Waals surface area contributed by atoms with Crippen LogP contribution < -0.4 is 0 Å². The summed E-state index contributed by atoms with van der Waals surface area (Å²) in [6.45, 7) is 4.53. The van der Waals surface area contributed by atoms with E-state index in [2.05, 4.69) is 0 Å². The van der Waals surface area contributed by atoms with Gasteiger partial charge in [-0.3, -0.25) is 9.69 Å². The van der Waals surface area contributed by atoms with Crippen molar-refractivity contribution in [2.24, 2.45) is 0 Å². The Hall–Kier alpha value is -1.36. The van der Waals surface area contributed by atoms with Gasteiger partial charge in [0.25, 0.3) is 0 Å². The molecule has 0 unspecified atom stereocenters. The molecule has 5 heteroatoms. The molecule has 0 aliphatic rings. The lowest BCUT2D eigenvalue weighted by molar-refractivity contribution is -0.144. The van der Waals surface area contributed by atoms with E-state index in [4.69, 9.17) is 0 Å². The van der Waals surface area contributed by atoms with Crippen molar-refractivity contribution in [3.05, 3.63) is 34.9 Å². The predicted molar refractivity (Wildman–Crippen MR) is 73.0 cm³/mol. The molecule has 0 aromatic heterocycles. The quantitative estimate of drug-likeness (QED) is 0.742. The summed E-state index contributed by atoms with van der Waals surface area (Å²) in [5, 5.41) is 0. The number of carbonyl (C=O) groups excluding carboxylic acids is 1. The highest BCUT2D eigenvalue weighted by Gasteiger charge is 2.31. The second kappa shape index (κ2) is 6.88. The van der Waals surface area contributed by atoms with E-state index in [1.807, 2.05) is 13.0 Å². The van der Waals surface area contributed by atoms with Gasteiger partial charge < -0.3 is 0 Å². The van der Waals surface area contributed by atoms with Crippen LogP contribution in [0.1, 0.15) is 34.8 Å². The summed E-state index contributed by atoms with van der Waals surface area (Å²) < 4.78 is 37.4. The fourth-order valence-electron chi connectivity index (χ4n) is 2.20. The Morgan fingerprint density at radius 2 is 1.90 bits per heavy atom. The minimum atomic E-state index is -4.28. The van der Waals surface area contributed by atoms with Crippen molar-refractivity contribution < 1.29 is 18.0 Å². The molecule has 112 valence electrons. The van der Waals surface area contributed by atoms with Gasteiger partial charge in [-0.1, -0.05) is 30.7 Å². The van der Waals surface area contributed by atoms with Gasteiger partial charge in [-0.2, -0.15) is 13.2 Å². The lowest BCUT2D eigenvalue weighted by Gasteiger charge is -2.22. The molecule has 0 atom stereocenters. The number of carbonyl (C=O) groups is 1. The lowest BCUT2D eigenvalue weighted by Crippen LogP contribution is -2.38. The van der Waals surface area contributed by atoms with Crippen LogP contribution in [0.4, 0.5) is 13.2 Å². The average Bonchev–Trinajstić information content (AvgIpc) is 2.26. The highest BCUT2D eigenvalue weighted by Crippen LogP contribution is 2.18. The fourth-order valence-corrected chi connectivity index (χ4v) is 2.20. The summed E-state index contributed by atoms with van der Waals surface area (Å²) in [4.78, 5) is 13.3. The summed E-state index contributed by atoms with van der Waals surface area (Å²) >= 11 is 0. The van der Waals surface area contributed by atoms with E-state index in [0.717, 1.165) is 16.0 Å². The summed E-state index contributed by atoms with van der Waals surface area (Å²) in [5.41, 5.74) is 2.33. The smallest absolute Gasteiger partial charge is 0.293 e. The second-order valence-electron chi connectivity index (χ2n) is 5.07. The van der Waals surface area contributed by atoms with Crippen molar-refractivity contribution in [1.82, 2.24) is 4.90 Å². The number of benzene rings is 1. The molecule has 0 heterocycles. The van der Waals surface area contributed by atoms with Crippen LogP contribution in [0.15, 0.2) is 18.2 Å². The van der Waals surface area contributed by atoms with E-state index in [9.17, 15) is 18.0 Å². The number of hydrogen-bond acceptors (Lipinski definition) is 2. The number of nitrogens with zero attached hydrogens (tertiary/aromatic N) is 1. The van der Waals surface area contributed by atoms with Crippen LogP contribution in [0.3, 0.4) is 0 Å². The van der Waals surface area contributed by atoms with Crippen molar-refractivity contribution >= 4 is 5.78 Å². The van der Waals surface area contributed by atoms with Gasteiger partial charge in [0.05, 0.1) is 13.1 Å². The molecular formula is C15H20F3NO. The van der Waals surface area contributed by atoms with E-state index >= 15 is 0 Å². The van der Waals surface area contributed by atoms with Crippen LogP contribution in [0.2, 0.25) is 0 Å². The van der Waals surface area contributed by atoms with Gasteiger partial charge >= 0.3 is 6.18 Å². The Morgan fingerprint density at radius 3 is 2.40 bits per heavy atom. The Kier molecular flexibility index (Phi) is 5.74. The minimum absolute atomic E-state index is 0.197. The van der Waals surface area contributed by atoms with E-state index < -0.39 is 12.7 Å². The molecule has 0 aliphatic carbocycles. The molecule has 0 radical (unpaired) electrons. The van der Waals surface area contributed by atoms with Crippen molar-refractivity contribution in [2.75, 3.05) is 19.6 Å². The van der Waals surface area contributed by atoms with Crippen LogP contribution >= 0.6 is 0 Å². The first-order chi connectivity index (χ1) is 9.23. The first-order valence-corrected chi connectivity index (χ1v) is 6.62. The fraction of sp³-hybridized carbons (Fsp3) is 0.533. The summed E-state index contributed by atoms with van der Waals surface area (Å²) in [7, 11) is 0. The monoisotopic (exact) mass is 287 g/mol. The molecule has 0 saturated carbocycles. The molecule has 0 bridgehead atoms. The van der Waals surface area contributed by atoms with Gasteiger partial charge in [-0.15, -0.1) is 0 Å². The number of ketones is 1. The summed E-state index contributed by atoms with van der Waals surface area (Å²) in [6, 6.07) is 5.35. The highest BCUT2D eigenvalue weighted by atomic mass is 19.4. The second-order valence-corrected chi connectivity index (χ2v) is 5.07. The van der Waals surface area contributed by atoms with E-state index in [1.54, 1.807) is 26.0 Å². The Balaban J connectivity index is 2.79. The SMILES string of the molecule is CCCN(CC(=O)c1ccc(C)cc1C)CC(F)(F)F. The zero-order chi connectivity index (χ0) is 15.3. The number of alkyl halides is 3. The number of rotatable bonds is 6. The molecule has 0 N–H and O–H groups in total. The number of halogens is 3. The Morgan fingerprint density at radius 1 is 1.25 bits per heavy atom. The molecule has 1 aromatic rings. The largest absolute Gasteiger partial charge is 0.401 e. The summed E-state index contributed by atoms with van der Waals surface area (Å²) in [5.74, 6) is -0.264.